The van der Waals surface area contributed by atoms with Gasteiger partial charge < -0.3 is 4.90 Å². The molecule has 0 radical (unpaired) electrons. The quantitative estimate of drug-likeness (QED) is 0.643. The number of hydrogen-bond donors (Lipinski definition) is 0. The van der Waals surface area contributed by atoms with Crippen LogP contribution in [0.4, 0.5) is 0 Å². The molecule has 0 fully saturated rings. The van der Waals surface area contributed by atoms with Crippen LogP contribution in [0.15, 0.2) is 48.6 Å². The maximum Gasteiger partial charge on any atom is 0.254 e. The molecule has 15 heavy (non-hydrogen) atoms. The average molecular weight is 203 g/mol. The summed E-state index contributed by atoms with van der Waals surface area (Å²) in [6, 6.07) is 0. The summed E-state index contributed by atoms with van der Waals surface area (Å²) in [5.41, 5.74) is 1.78. The molecule has 0 atom stereocenters. The van der Waals surface area contributed by atoms with Gasteiger partial charge in [-0.05, 0) is 18.9 Å². The fourth-order valence-electron chi connectivity index (χ4n) is 1.68. The van der Waals surface area contributed by atoms with Gasteiger partial charge in [-0.2, -0.15) is 0 Å². The summed E-state index contributed by atoms with van der Waals surface area (Å²) in [5, 5.41) is 0. The minimum atomic E-state index is 0.0856. The predicted molar refractivity (Wildman–Crippen MR) is 63.4 cm³/mol. The van der Waals surface area contributed by atoms with Crippen molar-refractivity contribution in [2.75, 3.05) is 13.1 Å². The number of carbonyl (C=O) groups is 1. The zero-order valence-corrected chi connectivity index (χ0v) is 9.20. The number of likely N-dealkylation sites (N-methyl/N-ethyl adjacent to an activating group) is 1. The predicted octanol–water partition coefficient (Wildman–Crippen LogP) is 2.46. The summed E-state index contributed by atoms with van der Waals surface area (Å²) in [7, 11) is 0. The molecule has 0 saturated carbocycles. The minimum Gasteiger partial charge on any atom is -0.339 e. The first-order chi connectivity index (χ1) is 7.24. The molecule has 80 valence electrons. The summed E-state index contributed by atoms with van der Waals surface area (Å²) in [6.07, 6.45) is 8.05. The second kappa shape index (κ2) is 5.35. The van der Waals surface area contributed by atoms with Crippen LogP contribution >= 0.6 is 0 Å². The van der Waals surface area contributed by atoms with Crippen molar-refractivity contribution in [2.24, 2.45) is 0 Å². The Labute approximate surface area is 91.3 Å². The van der Waals surface area contributed by atoms with E-state index < -0.39 is 0 Å². The molecule has 1 aliphatic rings. The summed E-state index contributed by atoms with van der Waals surface area (Å²) < 4.78 is 0. The lowest BCUT2D eigenvalue weighted by Crippen LogP contribution is -2.36. The smallest absolute Gasteiger partial charge is 0.254 e. The van der Waals surface area contributed by atoms with E-state index in [4.69, 9.17) is 0 Å². The molecular formula is C13H17NO. The third-order valence-corrected chi connectivity index (χ3v) is 2.53. The van der Waals surface area contributed by atoms with Gasteiger partial charge in [0.2, 0.25) is 0 Å². The summed E-state index contributed by atoms with van der Waals surface area (Å²) in [5.74, 6) is 0.0856. The minimum absolute atomic E-state index is 0.0856. The lowest BCUT2D eigenvalue weighted by atomic mass is 9.98. The Morgan fingerprint density at radius 1 is 1.47 bits per heavy atom. The zero-order valence-electron chi connectivity index (χ0n) is 9.20. The molecular weight excluding hydrogens is 186 g/mol. The fourth-order valence-corrected chi connectivity index (χ4v) is 1.68. The van der Waals surface area contributed by atoms with Crippen LogP contribution in [0.25, 0.3) is 0 Å². The molecule has 0 aliphatic carbocycles. The Morgan fingerprint density at radius 3 is 2.73 bits per heavy atom. The highest BCUT2D eigenvalue weighted by atomic mass is 16.2. The number of nitrogens with zero attached hydrogens (tertiary/aromatic N) is 1. The van der Waals surface area contributed by atoms with E-state index in [0.29, 0.717) is 0 Å². The molecule has 0 bridgehead atoms. The maximum absolute atomic E-state index is 11.9. The van der Waals surface area contributed by atoms with Crippen molar-refractivity contribution >= 4 is 5.91 Å². The lowest BCUT2D eigenvalue weighted by Gasteiger charge is -2.27. The third-order valence-electron chi connectivity index (χ3n) is 2.53. The van der Waals surface area contributed by atoms with Crippen molar-refractivity contribution in [1.82, 2.24) is 4.90 Å². The van der Waals surface area contributed by atoms with Gasteiger partial charge in [-0.3, -0.25) is 4.79 Å². The van der Waals surface area contributed by atoms with Gasteiger partial charge in [-0.1, -0.05) is 37.5 Å². The molecule has 1 amide bonds. The van der Waals surface area contributed by atoms with Crippen LogP contribution in [0.1, 0.15) is 13.3 Å². The van der Waals surface area contributed by atoms with E-state index >= 15 is 0 Å². The molecule has 1 heterocycles. The van der Waals surface area contributed by atoms with E-state index in [2.05, 4.69) is 13.2 Å². The molecule has 0 aromatic heterocycles. The largest absolute Gasteiger partial charge is 0.339 e. The number of hydrogen-bond acceptors (Lipinski definition) is 1. The molecule has 0 aromatic rings. The Kier molecular flexibility index (Phi) is 4.10. The second-order valence-corrected chi connectivity index (χ2v) is 3.37. The van der Waals surface area contributed by atoms with Crippen molar-refractivity contribution in [1.29, 1.82) is 0 Å². The second-order valence-electron chi connectivity index (χ2n) is 3.37. The molecule has 0 unspecified atom stereocenters. The number of rotatable bonds is 4. The monoisotopic (exact) mass is 203 g/mol. The van der Waals surface area contributed by atoms with E-state index in [1.807, 2.05) is 24.0 Å². The maximum atomic E-state index is 11.9. The molecule has 0 saturated heterocycles. The van der Waals surface area contributed by atoms with Crippen LogP contribution in [0.5, 0.6) is 0 Å². The average Bonchev–Trinajstić information content (AvgIpc) is 2.26. The Balaban J connectivity index is 3.01. The standard InChI is InChI=1S/C13H17NO/c1-4-7-8-11-9-10-14(6-3)13(15)12(11)5-2/h4-5,7-8H,1-2,6,9-10H2,3H3/b8-7-. The van der Waals surface area contributed by atoms with Crippen LogP contribution in [0.3, 0.4) is 0 Å². The first kappa shape index (κ1) is 11.5. The van der Waals surface area contributed by atoms with Gasteiger partial charge in [0.15, 0.2) is 0 Å². The van der Waals surface area contributed by atoms with Gasteiger partial charge >= 0.3 is 0 Å². The number of allylic oxidation sites excluding steroid dienone is 3. The third kappa shape index (κ3) is 2.46. The summed E-state index contributed by atoms with van der Waals surface area (Å²) in [6.45, 7) is 10.9. The Morgan fingerprint density at radius 2 is 2.20 bits per heavy atom. The molecule has 0 spiro atoms. The van der Waals surface area contributed by atoms with E-state index in [1.54, 1.807) is 12.2 Å². The van der Waals surface area contributed by atoms with Gasteiger partial charge in [0, 0.05) is 18.7 Å². The van der Waals surface area contributed by atoms with Gasteiger partial charge in [0.05, 0.1) is 0 Å². The highest BCUT2D eigenvalue weighted by Crippen LogP contribution is 2.20. The zero-order chi connectivity index (χ0) is 11.3. The highest BCUT2D eigenvalue weighted by Gasteiger charge is 2.22. The highest BCUT2D eigenvalue weighted by molar-refractivity contribution is 5.98. The molecule has 2 nitrogen and oxygen atoms in total. The van der Waals surface area contributed by atoms with E-state index in [1.165, 1.54) is 0 Å². The van der Waals surface area contributed by atoms with Crippen molar-refractivity contribution in [3.05, 3.63) is 48.6 Å². The normalized spacial score (nSPS) is 17.4. The van der Waals surface area contributed by atoms with Crippen LogP contribution < -0.4 is 0 Å². The van der Waals surface area contributed by atoms with Gasteiger partial charge in [0.25, 0.3) is 5.91 Å². The van der Waals surface area contributed by atoms with Gasteiger partial charge in [-0.25, -0.2) is 0 Å². The molecule has 0 aromatic carbocycles. The summed E-state index contributed by atoms with van der Waals surface area (Å²) in [4.78, 5) is 13.7. The first-order valence-electron chi connectivity index (χ1n) is 5.18. The van der Waals surface area contributed by atoms with E-state index in [9.17, 15) is 4.79 Å². The Hall–Kier alpha value is -1.57. The fraction of sp³-hybridized carbons (Fsp3) is 0.308. The van der Waals surface area contributed by atoms with Crippen LogP contribution in [-0.2, 0) is 4.79 Å². The number of carbonyl (C=O) groups excluding carboxylic acids is 1. The van der Waals surface area contributed by atoms with Crippen molar-refractivity contribution < 1.29 is 4.79 Å². The van der Waals surface area contributed by atoms with E-state index in [0.717, 1.165) is 30.7 Å². The van der Waals surface area contributed by atoms with Gasteiger partial charge in [0.1, 0.15) is 0 Å². The molecule has 2 heteroatoms. The topological polar surface area (TPSA) is 20.3 Å². The van der Waals surface area contributed by atoms with Crippen LogP contribution in [0, 0.1) is 0 Å². The van der Waals surface area contributed by atoms with Crippen molar-refractivity contribution in [3.8, 4) is 0 Å². The Bertz CT molecular complexity index is 336. The van der Waals surface area contributed by atoms with Crippen molar-refractivity contribution in [2.45, 2.75) is 13.3 Å². The van der Waals surface area contributed by atoms with E-state index in [-0.39, 0.29) is 5.91 Å². The SMILES string of the molecule is C=C/C=C\C1=C(C=C)C(=O)N(CC)CC1. The number of amides is 1. The molecule has 1 aliphatic heterocycles. The molecule has 1 rings (SSSR count). The lowest BCUT2D eigenvalue weighted by molar-refractivity contribution is -0.127. The van der Waals surface area contributed by atoms with Crippen LogP contribution in [-0.4, -0.2) is 23.9 Å². The van der Waals surface area contributed by atoms with Crippen LogP contribution in [0.2, 0.25) is 0 Å². The molecule has 0 N–H and O–H groups in total. The van der Waals surface area contributed by atoms with Gasteiger partial charge in [-0.15, -0.1) is 0 Å². The first-order valence-corrected chi connectivity index (χ1v) is 5.18. The van der Waals surface area contributed by atoms with Crippen molar-refractivity contribution in [3.63, 3.8) is 0 Å². The summed E-state index contributed by atoms with van der Waals surface area (Å²) >= 11 is 0.